The SMILES string of the molecule is CCNS(=O)(=O)CCNCc1ccc(S(=O)(=O)NC)o1. The van der Waals surface area contributed by atoms with E-state index in [0.717, 1.165) is 0 Å². The van der Waals surface area contributed by atoms with Gasteiger partial charge in [-0.25, -0.2) is 26.3 Å². The lowest BCUT2D eigenvalue weighted by Crippen LogP contribution is -2.31. The minimum Gasteiger partial charge on any atom is -0.447 e. The van der Waals surface area contributed by atoms with Crippen LogP contribution >= 0.6 is 0 Å². The van der Waals surface area contributed by atoms with Crippen LogP contribution < -0.4 is 14.8 Å². The van der Waals surface area contributed by atoms with Crippen LogP contribution in [0, 0.1) is 0 Å². The summed E-state index contributed by atoms with van der Waals surface area (Å²) in [6.45, 7) is 2.55. The highest BCUT2D eigenvalue weighted by Crippen LogP contribution is 2.12. The Kier molecular flexibility index (Phi) is 6.14. The van der Waals surface area contributed by atoms with E-state index in [-0.39, 0.29) is 23.9 Å². The first-order valence-electron chi connectivity index (χ1n) is 6.01. The first kappa shape index (κ1) is 17.1. The highest BCUT2D eigenvalue weighted by molar-refractivity contribution is 7.89. The summed E-state index contributed by atoms with van der Waals surface area (Å²) in [6.07, 6.45) is 0. The molecule has 0 amide bonds. The molecular weight excluding hydrogens is 306 g/mol. The standard InChI is InChI=1S/C10H19N3O5S2/c1-3-13-19(14,15)7-6-12-8-9-4-5-10(18-9)20(16,17)11-2/h4-5,11-13H,3,6-8H2,1-2H3. The zero-order valence-electron chi connectivity index (χ0n) is 11.3. The van der Waals surface area contributed by atoms with Gasteiger partial charge < -0.3 is 9.73 Å². The molecular formula is C10H19N3O5S2. The second-order valence-electron chi connectivity index (χ2n) is 3.92. The summed E-state index contributed by atoms with van der Waals surface area (Å²) in [4.78, 5) is 0. The van der Waals surface area contributed by atoms with Crippen molar-refractivity contribution < 1.29 is 21.3 Å². The molecule has 0 unspecified atom stereocenters. The van der Waals surface area contributed by atoms with E-state index >= 15 is 0 Å². The quantitative estimate of drug-likeness (QED) is 0.513. The van der Waals surface area contributed by atoms with Gasteiger partial charge in [-0.1, -0.05) is 6.92 Å². The molecule has 0 aliphatic carbocycles. The number of sulfonamides is 2. The molecule has 10 heteroatoms. The molecule has 0 aromatic carbocycles. The van der Waals surface area contributed by atoms with Crippen LogP contribution in [-0.2, 0) is 26.6 Å². The summed E-state index contributed by atoms with van der Waals surface area (Å²) >= 11 is 0. The average Bonchev–Trinajstić information content (AvgIpc) is 2.84. The van der Waals surface area contributed by atoms with E-state index in [9.17, 15) is 16.8 Å². The predicted octanol–water partition coefficient (Wildman–Crippen LogP) is -0.783. The fraction of sp³-hybridized carbons (Fsp3) is 0.600. The lowest BCUT2D eigenvalue weighted by Gasteiger charge is -2.05. The van der Waals surface area contributed by atoms with Crippen LogP contribution in [-0.4, -0.2) is 42.7 Å². The molecule has 0 bridgehead atoms. The van der Waals surface area contributed by atoms with Gasteiger partial charge >= 0.3 is 0 Å². The fourth-order valence-corrected chi connectivity index (χ4v) is 3.07. The summed E-state index contributed by atoms with van der Waals surface area (Å²) in [5, 5.41) is 2.70. The van der Waals surface area contributed by atoms with Crippen molar-refractivity contribution in [3.05, 3.63) is 17.9 Å². The van der Waals surface area contributed by atoms with Gasteiger partial charge in [0, 0.05) is 13.1 Å². The van der Waals surface area contributed by atoms with Crippen LogP contribution in [0.25, 0.3) is 0 Å². The maximum Gasteiger partial charge on any atom is 0.273 e. The Hall–Kier alpha value is -0.940. The Morgan fingerprint density at radius 1 is 1.20 bits per heavy atom. The molecule has 116 valence electrons. The smallest absolute Gasteiger partial charge is 0.273 e. The molecule has 0 atom stereocenters. The monoisotopic (exact) mass is 325 g/mol. The maximum atomic E-state index is 11.4. The minimum atomic E-state index is -3.59. The molecule has 0 spiro atoms. The van der Waals surface area contributed by atoms with Gasteiger partial charge in [0.25, 0.3) is 10.0 Å². The lowest BCUT2D eigenvalue weighted by atomic mass is 10.4. The Morgan fingerprint density at radius 2 is 1.90 bits per heavy atom. The van der Waals surface area contributed by atoms with Crippen LogP contribution in [0.4, 0.5) is 0 Å². The van der Waals surface area contributed by atoms with Gasteiger partial charge in [-0.15, -0.1) is 0 Å². The molecule has 0 aliphatic rings. The molecule has 0 aliphatic heterocycles. The van der Waals surface area contributed by atoms with E-state index in [2.05, 4.69) is 14.8 Å². The Labute approximate surface area is 119 Å². The molecule has 0 fully saturated rings. The van der Waals surface area contributed by atoms with E-state index < -0.39 is 20.0 Å². The maximum absolute atomic E-state index is 11.4. The number of nitrogens with one attached hydrogen (secondary N) is 3. The van der Waals surface area contributed by atoms with E-state index in [1.54, 1.807) is 6.92 Å². The molecule has 0 saturated heterocycles. The van der Waals surface area contributed by atoms with Crippen molar-refractivity contribution in [2.75, 3.05) is 25.9 Å². The van der Waals surface area contributed by atoms with Gasteiger partial charge in [-0.05, 0) is 19.2 Å². The summed E-state index contributed by atoms with van der Waals surface area (Å²) in [6, 6.07) is 2.87. The summed E-state index contributed by atoms with van der Waals surface area (Å²) in [7, 11) is -5.55. The first-order valence-corrected chi connectivity index (χ1v) is 9.14. The molecule has 1 heterocycles. The topological polar surface area (TPSA) is 118 Å². The second kappa shape index (κ2) is 7.18. The first-order chi connectivity index (χ1) is 9.30. The molecule has 8 nitrogen and oxygen atoms in total. The van der Waals surface area contributed by atoms with Gasteiger partial charge in [0.1, 0.15) is 5.76 Å². The third-order valence-electron chi connectivity index (χ3n) is 2.38. The molecule has 1 rings (SSSR count). The van der Waals surface area contributed by atoms with Crippen molar-refractivity contribution in [2.24, 2.45) is 0 Å². The molecule has 3 N–H and O–H groups in total. The Balaban J connectivity index is 2.45. The van der Waals surface area contributed by atoms with Crippen molar-refractivity contribution >= 4 is 20.0 Å². The van der Waals surface area contributed by atoms with Gasteiger partial charge in [0.15, 0.2) is 0 Å². The molecule has 1 aromatic rings. The number of hydrogen-bond acceptors (Lipinski definition) is 6. The van der Waals surface area contributed by atoms with E-state index in [1.807, 2.05) is 0 Å². The molecule has 0 saturated carbocycles. The van der Waals surface area contributed by atoms with Crippen molar-refractivity contribution in [1.29, 1.82) is 0 Å². The predicted molar refractivity (Wildman–Crippen MR) is 74.1 cm³/mol. The third kappa shape index (κ3) is 5.21. The van der Waals surface area contributed by atoms with Crippen LogP contribution in [0.5, 0.6) is 0 Å². The number of rotatable bonds is 9. The third-order valence-corrected chi connectivity index (χ3v) is 5.14. The van der Waals surface area contributed by atoms with Crippen LogP contribution in [0.2, 0.25) is 0 Å². The largest absolute Gasteiger partial charge is 0.447 e. The fourth-order valence-electron chi connectivity index (χ4n) is 1.41. The van der Waals surface area contributed by atoms with E-state index in [4.69, 9.17) is 4.42 Å². The molecule has 1 aromatic heterocycles. The molecule has 20 heavy (non-hydrogen) atoms. The van der Waals surface area contributed by atoms with Gasteiger partial charge in [0.2, 0.25) is 15.1 Å². The minimum absolute atomic E-state index is 0.0524. The van der Waals surface area contributed by atoms with E-state index in [0.29, 0.717) is 12.3 Å². The van der Waals surface area contributed by atoms with Crippen molar-refractivity contribution in [2.45, 2.75) is 18.6 Å². The summed E-state index contributed by atoms with van der Waals surface area (Å²) in [5.74, 6) is 0.364. The highest BCUT2D eigenvalue weighted by atomic mass is 32.2. The van der Waals surface area contributed by atoms with Crippen LogP contribution in [0.1, 0.15) is 12.7 Å². The summed E-state index contributed by atoms with van der Waals surface area (Å²) in [5.41, 5.74) is 0. The zero-order chi connectivity index (χ0) is 15.2. The number of furan rings is 1. The van der Waals surface area contributed by atoms with E-state index in [1.165, 1.54) is 19.2 Å². The Morgan fingerprint density at radius 3 is 2.50 bits per heavy atom. The second-order valence-corrected chi connectivity index (χ2v) is 7.67. The van der Waals surface area contributed by atoms with Gasteiger partial charge in [0.05, 0.1) is 12.3 Å². The average molecular weight is 325 g/mol. The number of hydrogen-bond donors (Lipinski definition) is 3. The normalized spacial score (nSPS) is 12.7. The molecule has 0 radical (unpaired) electrons. The van der Waals surface area contributed by atoms with Crippen molar-refractivity contribution in [1.82, 2.24) is 14.8 Å². The van der Waals surface area contributed by atoms with Gasteiger partial charge in [-0.2, -0.15) is 0 Å². The lowest BCUT2D eigenvalue weighted by molar-refractivity contribution is 0.402. The van der Waals surface area contributed by atoms with Crippen molar-refractivity contribution in [3.63, 3.8) is 0 Å². The van der Waals surface area contributed by atoms with Crippen LogP contribution in [0.15, 0.2) is 21.6 Å². The highest BCUT2D eigenvalue weighted by Gasteiger charge is 2.16. The van der Waals surface area contributed by atoms with Gasteiger partial charge in [-0.3, -0.25) is 0 Å². The Bertz CT molecular complexity index is 621. The van der Waals surface area contributed by atoms with Crippen LogP contribution in [0.3, 0.4) is 0 Å². The zero-order valence-corrected chi connectivity index (χ0v) is 13.0. The summed E-state index contributed by atoms with van der Waals surface area (Å²) < 4.78 is 55.2. The van der Waals surface area contributed by atoms with Crippen molar-refractivity contribution in [3.8, 4) is 0 Å².